The molecule has 2 unspecified atom stereocenters. The standard InChI is InChI=1S/C17H28N2O/c1-4-7-15-10-14(12-18-3)11-17(19-15)20-16-9-6-5-8-13(16)2/h10-11,13,16,18H,4-9,12H2,1-3H3. The Labute approximate surface area is 123 Å². The summed E-state index contributed by atoms with van der Waals surface area (Å²) in [5.41, 5.74) is 2.42. The zero-order valence-electron chi connectivity index (χ0n) is 13.1. The first kappa shape index (κ1) is 15.3. The predicted molar refractivity (Wildman–Crippen MR) is 83.0 cm³/mol. The van der Waals surface area contributed by atoms with Gasteiger partial charge in [-0.3, -0.25) is 0 Å². The zero-order chi connectivity index (χ0) is 14.4. The quantitative estimate of drug-likeness (QED) is 0.860. The summed E-state index contributed by atoms with van der Waals surface area (Å²) < 4.78 is 6.20. The molecule has 0 saturated heterocycles. The first-order chi connectivity index (χ1) is 9.72. The van der Waals surface area contributed by atoms with Crippen LogP contribution in [0.3, 0.4) is 0 Å². The lowest BCUT2D eigenvalue weighted by molar-refractivity contribution is 0.0972. The molecule has 3 nitrogen and oxygen atoms in total. The van der Waals surface area contributed by atoms with E-state index in [4.69, 9.17) is 4.74 Å². The summed E-state index contributed by atoms with van der Waals surface area (Å²) in [5, 5.41) is 3.21. The lowest BCUT2D eigenvalue weighted by Crippen LogP contribution is -2.28. The average molecular weight is 276 g/mol. The molecule has 2 rings (SSSR count). The largest absolute Gasteiger partial charge is 0.474 e. The van der Waals surface area contributed by atoms with E-state index >= 15 is 0 Å². The number of nitrogens with one attached hydrogen (secondary N) is 1. The molecular weight excluding hydrogens is 248 g/mol. The third-order valence-corrected chi connectivity index (χ3v) is 4.11. The molecule has 0 spiro atoms. The van der Waals surface area contributed by atoms with Gasteiger partial charge in [0.2, 0.25) is 5.88 Å². The molecule has 0 bridgehead atoms. The minimum absolute atomic E-state index is 0.343. The van der Waals surface area contributed by atoms with E-state index in [0.29, 0.717) is 12.0 Å². The number of aryl methyl sites for hydroxylation is 1. The van der Waals surface area contributed by atoms with Gasteiger partial charge in [0, 0.05) is 18.3 Å². The van der Waals surface area contributed by atoms with E-state index in [-0.39, 0.29) is 0 Å². The summed E-state index contributed by atoms with van der Waals surface area (Å²) in [6.45, 7) is 5.36. The van der Waals surface area contributed by atoms with Gasteiger partial charge in [-0.05, 0) is 50.3 Å². The van der Waals surface area contributed by atoms with Crippen LogP contribution in [0.25, 0.3) is 0 Å². The van der Waals surface area contributed by atoms with Crippen molar-refractivity contribution in [3.8, 4) is 5.88 Å². The van der Waals surface area contributed by atoms with Crippen LogP contribution in [0.1, 0.15) is 57.2 Å². The Kier molecular flexibility index (Phi) is 5.84. The Balaban J connectivity index is 2.12. The number of hydrogen-bond acceptors (Lipinski definition) is 3. The Morgan fingerprint density at radius 1 is 1.30 bits per heavy atom. The van der Waals surface area contributed by atoms with Gasteiger partial charge in [-0.25, -0.2) is 4.98 Å². The van der Waals surface area contributed by atoms with Gasteiger partial charge in [0.15, 0.2) is 0 Å². The van der Waals surface area contributed by atoms with Gasteiger partial charge in [0.25, 0.3) is 0 Å². The van der Waals surface area contributed by atoms with Crippen molar-refractivity contribution in [2.45, 2.75) is 65.0 Å². The molecule has 20 heavy (non-hydrogen) atoms. The lowest BCUT2D eigenvalue weighted by Gasteiger charge is -2.29. The molecule has 1 aromatic heterocycles. The molecule has 2 atom stereocenters. The second-order valence-electron chi connectivity index (χ2n) is 6.00. The minimum atomic E-state index is 0.343. The van der Waals surface area contributed by atoms with Gasteiger partial charge in [-0.1, -0.05) is 26.7 Å². The molecule has 0 amide bonds. The van der Waals surface area contributed by atoms with Crippen molar-refractivity contribution in [2.24, 2.45) is 5.92 Å². The number of hydrogen-bond donors (Lipinski definition) is 1. The molecule has 112 valence electrons. The highest BCUT2D eigenvalue weighted by Crippen LogP contribution is 2.28. The molecular formula is C17H28N2O. The van der Waals surface area contributed by atoms with E-state index in [2.05, 4.69) is 36.3 Å². The van der Waals surface area contributed by atoms with Gasteiger partial charge in [0.1, 0.15) is 6.10 Å². The van der Waals surface area contributed by atoms with Gasteiger partial charge >= 0.3 is 0 Å². The van der Waals surface area contributed by atoms with Crippen LogP contribution in [0, 0.1) is 5.92 Å². The molecule has 1 N–H and O–H groups in total. The van der Waals surface area contributed by atoms with Gasteiger partial charge < -0.3 is 10.1 Å². The third-order valence-electron chi connectivity index (χ3n) is 4.11. The lowest BCUT2D eigenvalue weighted by atomic mass is 9.88. The summed E-state index contributed by atoms with van der Waals surface area (Å²) in [4.78, 5) is 4.68. The maximum atomic E-state index is 6.20. The van der Waals surface area contributed by atoms with E-state index in [1.807, 2.05) is 7.05 Å². The fraction of sp³-hybridized carbons (Fsp3) is 0.706. The summed E-state index contributed by atoms with van der Waals surface area (Å²) in [5.74, 6) is 1.47. The molecule has 1 saturated carbocycles. The van der Waals surface area contributed by atoms with Crippen LogP contribution >= 0.6 is 0 Å². The third kappa shape index (κ3) is 4.20. The molecule has 1 aliphatic carbocycles. The summed E-state index contributed by atoms with van der Waals surface area (Å²) in [6, 6.07) is 4.29. The van der Waals surface area contributed by atoms with Crippen LogP contribution in [0.5, 0.6) is 5.88 Å². The molecule has 0 aromatic carbocycles. The predicted octanol–water partition coefficient (Wildman–Crippen LogP) is 3.71. The van der Waals surface area contributed by atoms with Crippen LogP contribution in [0.15, 0.2) is 12.1 Å². The highest BCUT2D eigenvalue weighted by Gasteiger charge is 2.23. The van der Waals surface area contributed by atoms with Gasteiger partial charge in [-0.2, -0.15) is 0 Å². The first-order valence-corrected chi connectivity index (χ1v) is 8.04. The summed E-state index contributed by atoms with van der Waals surface area (Å²) in [7, 11) is 1.98. The van der Waals surface area contributed by atoms with Gasteiger partial charge in [0.05, 0.1) is 0 Å². The molecule has 1 fully saturated rings. The van der Waals surface area contributed by atoms with E-state index in [9.17, 15) is 0 Å². The van der Waals surface area contributed by atoms with E-state index in [0.717, 1.165) is 31.0 Å². The van der Waals surface area contributed by atoms with E-state index < -0.39 is 0 Å². The van der Waals surface area contributed by atoms with E-state index in [1.54, 1.807) is 0 Å². The second-order valence-corrected chi connectivity index (χ2v) is 6.00. The molecule has 1 aliphatic rings. The summed E-state index contributed by atoms with van der Waals surface area (Å²) >= 11 is 0. The topological polar surface area (TPSA) is 34.1 Å². The number of rotatable bonds is 6. The fourth-order valence-electron chi connectivity index (χ4n) is 2.98. The molecule has 0 radical (unpaired) electrons. The van der Waals surface area contributed by atoms with Crippen LogP contribution in [-0.4, -0.2) is 18.1 Å². The maximum Gasteiger partial charge on any atom is 0.214 e. The number of pyridine rings is 1. The fourth-order valence-corrected chi connectivity index (χ4v) is 2.98. The SMILES string of the molecule is CCCc1cc(CNC)cc(OC2CCCCC2C)n1. The Bertz CT molecular complexity index is 395. The normalized spacial score (nSPS) is 22.8. The Morgan fingerprint density at radius 3 is 2.80 bits per heavy atom. The van der Waals surface area contributed by atoms with E-state index in [1.165, 1.54) is 31.2 Å². The molecule has 0 aliphatic heterocycles. The molecule has 1 heterocycles. The molecule has 3 heteroatoms. The van der Waals surface area contributed by atoms with Crippen molar-refractivity contribution in [1.82, 2.24) is 10.3 Å². The smallest absolute Gasteiger partial charge is 0.214 e. The van der Waals surface area contributed by atoms with Crippen LogP contribution in [-0.2, 0) is 13.0 Å². The zero-order valence-corrected chi connectivity index (χ0v) is 13.1. The van der Waals surface area contributed by atoms with Crippen LogP contribution in [0.4, 0.5) is 0 Å². The number of ether oxygens (including phenoxy) is 1. The first-order valence-electron chi connectivity index (χ1n) is 8.04. The van der Waals surface area contributed by atoms with Crippen LogP contribution in [0.2, 0.25) is 0 Å². The van der Waals surface area contributed by atoms with Crippen molar-refractivity contribution in [3.05, 3.63) is 23.4 Å². The highest BCUT2D eigenvalue weighted by atomic mass is 16.5. The van der Waals surface area contributed by atoms with Crippen molar-refractivity contribution in [1.29, 1.82) is 0 Å². The van der Waals surface area contributed by atoms with Crippen LogP contribution < -0.4 is 10.1 Å². The maximum absolute atomic E-state index is 6.20. The van der Waals surface area contributed by atoms with Crippen molar-refractivity contribution in [2.75, 3.05) is 7.05 Å². The number of nitrogens with zero attached hydrogens (tertiary/aromatic N) is 1. The monoisotopic (exact) mass is 276 g/mol. The van der Waals surface area contributed by atoms with Gasteiger partial charge in [-0.15, -0.1) is 0 Å². The van der Waals surface area contributed by atoms with Crippen molar-refractivity contribution >= 4 is 0 Å². The highest BCUT2D eigenvalue weighted by molar-refractivity contribution is 5.25. The van der Waals surface area contributed by atoms with Crippen molar-refractivity contribution < 1.29 is 4.74 Å². The Hall–Kier alpha value is -1.09. The summed E-state index contributed by atoms with van der Waals surface area (Å²) in [6.07, 6.45) is 7.56. The number of aromatic nitrogens is 1. The van der Waals surface area contributed by atoms with Crippen molar-refractivity contribution in [3.63, 3.8) is 0 Å². The molecule has 1 aromatic rings. The minimum Gasteiger partial charge on any atom is -0.474 e. The Morgan fingerprint density at radius 2 is 2.10 bits per heavy atom. The second kappa shape index (κ2) is 7.63. The average Bonchev–Trinajstić information content (AvgIpc) is 2.42.